The number of benzene rings is 3. The van der Waals surface area contributed by atoms with Gasteiger partial charge in [-0.2, -0.15) is 5.10 Å². The van der Waals surface area contributed by atoms with Crippen molar-refractivity contribution in [2.24, 2.45) is 5.10 Å². The Morgan fingerprint density at radius 3 is 2.35 bits per heavy atom. The van der Waals surface area contributed by atoms with Crippen molar-refractivity contribution in [1.29, 1.82) is 0 Å². The van der Waals surface area contributed by atoms with Gasteiger partial charge in [-0.1, -0.05) is 24.3 Å². The molecule has 0 saturated heterocycles. The van der Waals surface area contributed by atoms with Crippen LogP contribution < -0.4 is 19.6 Å². The molecule has 34 heavy (non-hydrogen) atoms. The number of nitrogens with zero attached hydrogens (tertiary/aromatic N) is 2. The van der Waals surface area contributed by atoms with E-state index in [9.17, 15) is 18.5 Å². The lowest BCUT2D eigenvalue weighted by atomic mass is 10.1. The Kier molecular flexibility index (Phi) is 7.69. The van der Waals surface area contributed by atoms with Crippen molar-refractivity contribution in [2.75, 3.05) is 24.4 Å². The van der Waals surface area contributed by atoms with Gasteiger partial charge < -0.3 is 9.47 Å². The lowest BCUT2D eigenvalue weighted by molar-refractivity contribution is -0.384. The molecule has 11 heteroatoms. The monoisotopic (exact) mass is 484 g/mol. The molecule has 3 aromatic rings. The summed E-state index contributed by atoms with van der Waals surface area (Å²) in [5.41, 5.74) is 4.19. The third kappa shape index (κ3) is 6.01. The fourth-order valence-electron chi connectivity index (χ4n) is 3.09. The van der Waals surface area contributed by atoms with E-state index < -0.39 is 20.6 Å². The summed E-state index contributed by atoms with van der Waals surface area (Å²) in [7, 11) is -1.11. The molecule has 0 amide bonds. The van der Waals surface area contributed by atoms with Gasteiger partial charge in [0, 0.05) is 18.2 Å². The van der Waals surface area contributed by atoms with Gasteiger partial charge in [-0.05, 0) is 48.9 Å². The number of rotatable bonds is 10. The number of para-hydroxylation sites is 2. The first-order valence-electron chi connectivity index (χ1n) is 10.1. The van der Waals surface area contributed by atoms with Crippen molar-refractivity contribution < 1.29 is 22.8 Å². The van der Waals surface area contributed by atoms with Gasteiger partial charge in [-0.25, -0.2) is 8.42 Å². The van der Waals surface area contributed by atoms with Gasteiger partial charge in [0.25, 0.3) is 15.7 Å². The van der Waals surface area contributed by atoms with Crippen LogP contribution in [0.25, 0.3) is 0 Å². The first-order valence-corrected chi connectivity index (χ1v) is 11.6. The molecule has 10 nitrogen and oxygen atoms in total. The smallest absolute Gasteiger partial charge is 0.295 e. The minimum Gasteiger partial charge on any atom is -0.497 e. The van der Waals surface area contributed by atoms with Crippen molar-refractivity contribution in [2.45, 2.75) is 18.2 Å². The maximum atomic E-state index is 12.8. The summed E-state index contributed by atoms with van der Waals surface area (Å²) < 4.78 is 38.3. The number of hydrogen-bond donors (Lipinski definition) is 2. The van der Waals surface area contributed by atoms with Gasteiger partial charge >= 0.3 is 0 Å². The first-order chi connectivity index (χ1) is 16.2. The summed E-state index contributed by atoms with van der Waals surface area (Å²) in [6, 6.07) is 17.5. The molecule has 0 unspecified atom stereocenters. The number of nitrogens with one attached hydrogen (secondary N) is 2. The normalized spacial score (nSPS) is 11.6. The van der Waals surface area contributed by atoms with Crippen LogP contribution in [0.15, 0.2) is 76.7 Å². The molecule has 0 atom stereocenters. The second-order valence-electron chi connectivity index (χ2n) is 7.23. The average molecular weight is 485 g/mol. The van der Waals surface area contributed by atoms with Crippen LogP contribution in [0.5, 0.6) is 11.5 Å². The molecule has 0 aliphatic heterocycles. The Bertz CT molecular complexity index is 1310. The van der Waals surface area contributed by atoms with E-state index in [0.717, 1.165) is 17.4 Å². The van der Waals surface area contributed by atoms with E-state index >= 15 is 0 Å². The van der Waals surface area contributed by atoms with E-state index in [2.05, 4.69) is 15.2 Å². The Morgan fingerprint density at radius 1 is 1.00 bits per heavy atom. The summed E-state index contributed by atoms with van der Waals surface area (Å²) in [5, 5.41) is 15.8. The van der Waals surface area contributed by atoms with Gasteiger partial charge in [0.05, 0.1) is 29.7 Å². The molecule has 3 rings (SSSR count). The second-order valence-corrected chi connectivity index (χ2v) is 8.91. The summed E-state index contributed by atoms with van der Waals surface area (Å²) in [5.74, 6) is 1.06. The molecule has 0 saturated carbocycles. The van der Waals surface area contributed by atoms with Crippen molar-refractivity contribution in [3.8, 4) is 11.5 Å². The molecule has 0 spiro atoms. The van der Waals surface area contributed by atoms with Crippen LogP contribution in [0.1, 0.15) is 12.5 Å². The van der Waals surface area contributed by atoms with Crippen molar-refractivity contribution in [3.05, 3.63) is 82.4 Å². The molecule has 2 N–H and O–H groups in total. The maximum Gasteiger partial charge on any atom is 0.295 e. The quantitative estimate of drug-likeness (QED) is 0.247. The number of hydrogen-bond acceptors (Lipinski definition) is 8. The maximum absolute atomic E-state index is 12.8. The SMILES string of the molecule is COc1ccc(C/C(C)=N/Nc2ccc(S(=O)(=O)Nc3ccccc3OC)cc2[N+](=O)[O-])cc1. The molecule has 0 aromatic heterocycles. The average Bonchev–Trinajstić information content (AvgIpc) is 2.83. The fraction of sp³-hybridized carbons (Fsp3) is 0.174. The molecular weight excluding hydrogens is 460 g/mol. The number of methoxy groups -OCH3 is 2. The predicted octanol–water partition coefficient (Wildman–Crippen LogP) is 4.44. The van der Waals surface area contributed by atoms with Crippen molar-refractivity contribution in [1.82, 2.24) is 0 Å². The van der Waals surface area contributed by atoms with Crippen LogP contribution in [0.2, 0.25) is 0 Å². The van der Waals surface area contributed by atoms with E-state index in [1.54, 1.807) is 32.2 Å². The van der Waals surface area contributed by atoms with E-state index in [1.807, 2.05) is 24.3 Å². The third-order valence-corrected chi connectivity index (χ3v) is 6.18. The second kappa shape index (κ2) is 10.7. The summed E-state index contributed by atoms with van der Waals surface area (Å²) in [6.45, 7) is 1.78. The van der Waals surface area contributed by atoms with E-state index in [0.29, 0.717) is 17.9 Å². The number of nitro benzene ring substituents is 1. The molecule has 0 aliphatic rings. The topological polar surface area (TPSA) is 132 Å². The molecule has 0 aliphatic carbocycles. The van der Waals surface area contributed by atoms with Crippen LogP contribution >= 0.6 is 0 Å². The number of sulfonamides is 1. The molecule has 0 radical (unpaired) electrons. The zero-order chi connectivity index (χ0) is 24.7. The van der Waals surface area contributed by atoms with E-state index in [-0.39, 0.29) is 16.3 Å². The van der Waals surface area contributed by atoms with Crippen molar-refractivity contribution >= 4 is 32.8 Å². The highest BCUT2D eigenvalue weighted by atomic mass is 32.2. The zero-order valence-electron chi connectivity index (χ0n) is 18.8. The molecule has 0 bridgehead atoms. The highest BCUT2D eigenvalue weighted by molar-refractivity contribution is 7.92. The zero-order valence-corrected chi connectivity index (χ0v) is 19.6. The summed E-state index contributed by atoms with van der Waals surface area (Å²) >= 11 is 0. The lowest BCUT2D eigenvalue weighted by Crippen LogP contribution is -2.14. The van der Waals surface area contributed by atoms with Crippen molar-refractivity contribution in [3.63, 3.8) is 0 Å². The van der Waals surface area contributed by atoms with Gasteiger partial charge in [-0.15, -0.1) is 0 Å². The Labute approximate surface area is 197 Å². The molecule has 0 heterocycles. The van der Waals surface area contributed by atoms with Crippen LogP contribution in [-0.4, -0.2) is 33.3 Å². The predicted molar refractivity (Wildman–Crippen MR) is 130 cm³/mol. The Morgan fingerprint density at radius 2 is 1.71 bits per heavy atom. The van der Waals surface area contributed by atoms with Gasteiger partial charge in [0.2, 0.25) is 0 Å². The first kappa shape index (κ1) is 24.5. The van der Waals surface area contributed by atoms with E-state index in [1.165, 1.54) is 25.3 Å². The minimum atomic E-state index is -4.10. The van der Waals surface area contributed by atoms with Crippen LogP contribution in [-0.2, 0) is 16.4 Å². The number of anilines is 2. The highest BCUT2D eigenvalue weighted by Crippen LogP contribution is 2.30. The summed E-state index contributed by atoms with van der Waals surface area (Å²) in [4.78, 5) is 10.7. The number of ether oxygens (including phenoxy) is 2. The third-order valence-electron chi connectivity index (χ3n) is 4.81. The van der Waals surface area contributed by atoms with Crippen LogP contribution in [0.4, 0.5) is 17.1 Å². The Balaban J connectivity index is 1.80. The molecule has 0 fully saturated rings. The standard InChI is InChI=1S/C23H24N4O6S/c1-16(14-17-8-10-18(32-2)11-9-17)24-25-20-13-12-19(15-22(20)27(28)29)34(30,31)26-21-6-4-5-7-23(21)33-3/h4-13,15,25-26H,14H2,1-3H3/b24-16+. The number of nitro groups is 1. The summed E-state index contributed by atoms with van der Waals surface area (Å²) in [6.07, 6.45) is 0.514. The van der Waals surface area contributed by atoms with Gasteiger partial charge in [-0.3, -0.25) is 20.3 Å². The van der Waals surface area contributed by atoms with Crippen LogP contribution in [0, 0.1) is 10.1 Å². The molecule has 178 valence electrons. The molecule has 3 aromatic carbocycles. The highest BCUT2D eigenvalue weighted by Gasteiger charge is 2.22. The van der Waals surface area contributed by atoms with Gasteiger partial charge in [0.15, 0.2) is 0 Å². The van der Waals surface area contributed by atoms with E-state index in [4.69, 9.17) is 9.47 Å². The van der Waals surface area contributed by atoms with Gasteiger partial charge in [0.1, 0.15) is 17.2 Å². The Hall–Kier alpha value is -4.12. The minimum absolute atomic E-state index is 0.0651. The number of hydrazone groups is 1. The molecular formula is C23H24N4O6S. The largest absolute Gasteiger partial charge is 0.497 e. The lowest BCUT2D eigenvalue weighted by Gasteiger charge is -2.12. The van der Waals surface area contributed by atoms with Crippen LogP contribution in [0.3, 0.4) is 0 Å². The fourth-order valence-corrected chi connectivity index (χ4v) is 4.18.